The molecule has 28 heavy (non-hydrogen) atoms. The average molecular weight is 591 g/mol. The van der Waals surface area contributed by atoms with E-state index in [0.717, 1.165) is 39.7 Å². The van der Waals surface area contributed by atoms with E-state index in [0.29, 0.717) is 11.4 Å². The van der Waals surface area contributed by atoms with Crippen LogP contribution >= 0.6 is 45.2 Å². The summed E-state index contributed by atoms with van der Waals surface area (Å²) in [4.78, 5) is 19.3. The predicted octanol–water partition coefficient (Wildman–Crippen LogP) is 6.65. The summed E-state index contributed by atoms with van der Waals surface area (Å²) >= 11 is 4.59. The van der Waals surface area contributed by atoms with E-state index in [1.54, 1.807) is 18.2 Å². The van der Waals surface area contributed by atoms with Gasteiger partial charge in [-0.2, -0.15) is 0 Å². The summed E-state index contributed by atoms with van der Waals surface area (Å²) in [5, 5.41) is 15.8. The van der Waals surface area contributed by atoms with Gasteiger partial charge in [-0.25, -0.2) is 4.98 Å². The summed E-state index contributed by atoms with van der Waals surface area (Å²) in [5.41, 5.74) is 2.26. The second kappa shape index (κ2) is 6.66. The lowest BCUT2D eigenvalue weighted by Gasteiger charge is -2.07. The van der Waals surface area contributed by atoms with Crippen molar-refractivity contribution >= 4 is 83.4 Å². The Morgan fingerprint density at radius 2 is 1.50 bits per heavy atom. The summed E-state index contributed by atoms with van der Waals surface area (Å²) in [6.45, 7) is 0. The maximum atomic E-state index is 11.5. The molecule has 0 spiro atoms. The smallest absolute Gasteiger partial charge is 0.280 e. The highest BCUT2D eigenvalue weighted by atomic mass is 127. The third kappa shape index (κ3) is 2.75. The minimum atomic E-state index is -0.370. The number of nitro groups is 1. The molecule has 0 saturated heterocycles. The van der Waals surface area contributed by atoms with Crippen molar-refractivity contribution in [3.05, 3.63) is 77.9 Å². The van der Waals surface area contributed by atoms with Gasteiger partial charge in [-0.1, -0.05) is 24.3 Å². The molecule has 136 valence electrons. The fraction of sp³-hybridized carbons (Fsp3) is 0. The summed E-state index contributed by atoms with van der Waals surface area (Å²) in [7, 11) is 0. The maximum absolute atomic E-state index is 11.5. The van der Waals surface area contributed by atoms with Gasteiger partial charge in [-0.05, 0) is 86.3 Å². The zero-order valence-electron chi connectivity index (χ0n) is 14.2. The fourth-order valence-corrected chi connectivity index (χ4v) is 4.61. The van der Waals surface area contributed by atoms with Gasteiger partial charge in [-0.15, -0.1) is 0 Å². The number of nitro benzene ring substituents is 1. The fourth-order valence-electron chi connectivity index (χ4n) is 3.63. The normalized spacial score (nSPS) is 11.5. The summed E-state index contributed by atoms with van der Waals surface area (Å²) in [5.74, 6) is 0.508. The van der Waals surface area contributed by atoms with Gasteiger partial charge in [0.05, 0.1) is 21.5 Å². The van der Waals surface area contributed by atoms with E-state index in [1.807, 2.05) is 0 Å². The van der Waals surface area contributed by atoms with Gasteiger partial charge in [0, 0.05) is 24.0 Å². The molecule has 1 heterocycles. The molecule has 0 bridgehead atoms. The highest BCUT2D eigenvalue weighted by Crippen LogP contribution is 2.38. The molecule has 5 nitrogen and oxygen atoms in total. The number of aromatic nitrogens is 2. The molecule has 5 aromatic rings. The maximum Gasteiger partial charge on any atom is 0.280 e. The second-order valence-corrected chi connectivity index (χ2v) is 8.95. The van der Waals surface area contributed by atoms with E-state index >= 15 is 0 Å². The third-order valence-corrected chi connectivity index (χ3v) is 6.18. The van der Waals surface area contributed by atoms with Crippen molar-refractivity contribution in [3.8, 4) is 11.4 Å². The predicted molar refractivity (Wildman–Crippen MR) is 129 cm³/mol. The first-order valence-electron chi connectivity index (χ1n) is 8.47. The molecule has 0 aliphatic rings. The van der Waals surface area contributed by atoms with Crippen molar-refractivity contribution in [1.29, 1.82) is 0 Å². The van der Waals surface area contributed by atoms with Crippen LogP contribution in [0, 0.1) is 17.3 Å². The Labute approximate surface area is 186 Å². The summed E-state index contributed by atoms with van der Waals surface area (Å²) in [6, 6.07) is 19.3. The van der Waals surface area contributed by atoms with Gasteiger partial charge in [0.1, 0.15) is 5.82 Å². The number of hydrogen-bond acceptors (Lipinski definition) is 3. The molecule has 4 aromatic carbocycles. The lowest BCUT2D eigenvalue weighted by molar-refractivity contribution is -0.384. The molecule has 7 heteroatoms. The van der Waals surface area contributed by atoms with Crippen LogP contribution in [0.1, 0.15) is 0 Å². The molecule has 1 aromatic heterocycles. The van der Waals surface area contributed by atoms with Crippen LogP contribution in [-0.4, -0.2) is 14.9 Å². The lowest BCUT2D eigenvalue weighted by atomic mass is 10.0. The Morgan fingerprint density at radius 3 is 2.21 bits per heavy atom. The number of hydrogen-bond donors (Lipinski definition) is 1. The van der Waals surface area contributed by atoms with Gasteiger partial charge >= 0.3 is 0 Å². The quantitative estimate of drug-likeness (QED) is 0.108. The van der Waals surface area contributed by atoms with Crippen molar-refractivity contribution in [3.63, 3.8) is 0 Å². The van der Waals surface area contributed by atoms with Crippen molar-refractivity contribution in [1.82, 2.24) is 9.97 Å². The van der Waals surface area contributed by atoms with Crippen LogP contribution in [0.3, 0.4) is 0 Å². The van der Waals surface area contributed by atoms with Crippen LogP contribution < -0.4 is 0 Å². The van der Waals surface area contributed by atoms with E-state index in [9.17, 15) is 10.1 Å². The van der Waals surface area contributed by atoms with E-state index in [2.05, 4.69) is 86.6 Å². The molecular formula is C21H11I2N3O2. The highest BCUT2D eigenvalue weighted by molar-refractivity contribution is 14.1. The summed E-state index contributed by atoms with van der Waals surface area (Å²) in [6.07, 6.45) is 0. The minimum Gasteiger partial charge on any atom is -0.337 e. The molecule has 0 aliphatic carbocycles. The monoisotopic (exact) mass is 591 g/mol. The Kier molecular flexibility index (Phi) is 4.23. The Balaban J connectivity index is 1.96. The van der Waals surface area contributed by atoms with Crippen LogP contribution in [0.4, 0.5) is 5.69 Å². The number of nitrogens with zero attached hydrogens (tertiary/aromatic N) is 2. The first kappa shape index (κ1) is 17.8. The van der Waals surface area contributed by atoms with E-state index in [1.165, 1.54) is 6.07 Å². The molecule has 0 aliphatic heterocycles. The zero-order chi connectivity index (χ0) is 19.4. The molecule has 0 radical (unpaired) electrons. The first-order chi connectivity index (χ1) is 13.5. The highest BCUT2D eigenvalue weighted by Gasteiger charge is 2.20. The molecule has 0 saturated carbocycles. The molecule has 0 atom stereocenters. The summed E-state index contributed by atoms with van der Waals surface area (Å²) < 4.78 is 2.24. The minimum absolute atomic E-state index is 0.0410. The van der Waals surface area contributed by atoms with E-state index < -0.39 is 0 Å². The second-order valence-electron chi connectivity index (χ2n) is 6.46. The lowest BCUT2D eigenvalue weighted by Crippen LogP contribution is -1.92. The van der Waals surface area contributed by atoms with Gasteiger partial charge in [0.15, 0.2) is 0 Å². The van der Waals surface area contributed by atoms with E-state index in [4.69, 9.17) is 4.98 Å². The van der Waals surface area contributed by atoms with Gasteiger partial charge in [-0.3, -0.25) is 10.1 Å². The Bertz CT molecular complexity index is 1350. The standard InChI is InChI=1S/C21H11I2N3O2/c22-11-5-7-13-14-8-6-12(23)10-17(14)20-19(16(13)9-11)24-21(25-20)15-3-1-2-4-18(15)26(27)28/h1-10H,(H,24,25). The van der Waals surface area contributed by atoms with Crippen LogP contribution in [0.2, 0.25) is 0 Å². The van der Waals surface area contributed by atoms with Gasteiger partial charge in [0.25, 0.3) is 5.69 Å². The van der Waals surface area contributed by atoms with Crippen LogP contribution in [0.25, 0.3) is 44.0 Å². The first-order valence-corrected chi connectivity index (χ1v) is 10.6. The number of fused-ring (bicyclic) bond motifs is 6. The topological polar surface area (TPSA) is 71.8 Å². The average Bonchev–Trinajstić information content (AvgIpc) is 3.14. The zero-order valence-corrected chi connectivity index (χ0v) is 18.6. The molecule has 0 unspecified atom stereocenters. The number of aromatic amines is 1. The van der Waals surface area contributed by atoms with Gasteiger partial charge in [0.2, 0.25) is 0 Å². The Hall–Kier alpha value is -2.27. The molecular weight excluding hydrogens is 580 g/mol. The Morgan fingerprint density at radius 1 is 0.857 bits per heavy atom. The van der Waals surface area contributed by atoms with Crippen LogP contribution in [0.5, 0.6) is 0 Å². The van der Waals surface area contributed by atoms with Crippen molar-refractivity contribution in [2.24, 2.45) is 0 Å². The van der Waals surface area contributed by atoms with Crippen LogP contribution in [-0.2, 0) is 0 Å². The SMILES string of the molecule is O=[N+]([O-])c1ccccc1-c1nc2c3cc(I)ccc3c3ccc(I)cc3c2[nH]1. The van der Waals surface area contributed by atoms with Gasteiger partial charge < -0.3 is 4.98 Å². The molecule has 0 fully saturated rings. The number of para-hydroxylation sites is 1. The third-order valence-electron chi connectivity index (χ3n) is 4.84. The van der Waals surface area contributed by atoms with E-state index in [-0.39, 0.29) is 10.6 Å². The number of benzene rings is 4. The number of H-pyrrole nitrogens is 1. The van der Waals surface area contributed by atoms with Crippen molar-refractivity contribution in [2.75, 3.05) is 0 Å². The number of rotatable bonds is 2. The molecule has 0 amide bonds. The van der Waals surface area contributed by atoms with Crippen LogP contribution in [0.15, 0.2) is 60.7 Å². The number of halogens is 2. The number of nitrogens with one attached hydrogen (secondary N) is 1. The van der Waals surface area contributed by atoms with Crippen molar-refractivity contribution in [2.45, 2.75) is 0 Å². The number of imidazole rings is 1. The van der Waals surface area contributed by atoms with Crippen molar-refractivity contribution < 1.29 is 4.92 Å². The molecule has 5 rings (SSSR count). The largest absolute Gasteiger partial charge is 0.337 e. The molecule has 1 N–H and O–H groups in total.